The highest BCUT2D eigenvalue weighted by molar-refractivity contribution is 5.32. The van der Waals surface area contributed by atoms with Crippen LogP contribution in [0.15, 0.2) is 18.2 Å². The maximum Gasteiger partial charge on any atom is 0.0919 e. The van der Waals surface area contributed by atoms with E-state index in [0.717, 1.165) is 25.2 Å². The van der Waals surface area contributed by atoms with Crippen molar-refractivity contribution in [1.29, 1.82) is 0 Å². The van der Waals surface area contributed by atoms with Gasteiger partial charge in [0, 0.05) is 13.1 Å². The van der Waals surface area contributed by atoms with Crippen LogP contribution in [0.1, 0.15) is 49.5 Å². The fourth-order valence-electron chi connectivity index (χ4n) is 3.16. The molecule has 2 nitrogen and oxygen atoms in total. The molecule has 1 aliphatic rings. The first-order valence-electron chi connectivity index (χ1n) is 7.35. The first-order chi connectivity index (χ1) is 8.87. The van der Waals surface area contributed by atoms with Gasteiger partial charge in [-0.2, -0.15) is 0 Å². The highest BCUT2D eigenvalue weighted by Crippen LogP contribution is 2.30. The number of nitrogens with zero attached hydrogens (tertiary/aromatic N) is 1. The fourth-order valence-corrected chi connectivity index (χ4v) is 3.16. The van der Waals surface area contributed by atoms with Gasteiger partial charge in [-0.05, 0) is 49.8 Å². The van der Waals surface area contributed by atoms with E-state index in [1.807, 2.05) is 0 Å². The molecule has 1 aliphatic heterocycles. The summed E-state index contributed by atoms with van der Waals surface area (Å²) in [6.07, 6.45) is 2.17. The third kappa shape index (κ3) is 3.80. The van der Waals surface area contributed by atoms with Crippen LogP contribution < -0.4 is 0 Å². The van der Waals surface area contributed by atoms with Crippen LogP contribution >= 0.6 is 0 Å². The largest absolute Gasteiger partial charge is 0.387 e. The van der Waals surface area contributed by atoms with Crippen molar-refractivity contribution in [3.8, 4) is 0 Å². The summed E-state index contributed by atoms with van der Waals surface area (Å²) in [6.45, 7) is 11.8. The van der Waals surface area contributed by atoms with E-state index in [4.69, 9.17) is 0 Å². The number of aryl methyl sites for hydroxylation is 2. The van der Waals surface area contributed by atoms with E-state index in [1.54, 1.807) is 0 Å². The average molecular weight is 261 g/mol. The zero-order valence-electron chi connectivity index (χ0n) is 12.7. The summed E-state index contributed by atoms with van der Waals surface area (Å²) < 4.78 is 0. The van der Waals surface area contributed by atoms with Crippen molar-refractivity contribution in [2.45, 2.75) is 46.6 Å². The molecule has 0 aromatic heterocycles. The predicted octanol–water partition coefficient (Wildman–Crippen LogP) is 3.46. The van der Waals surface area contributed by atoms with Gasteiger partial charge in [-0.15, -0.1) is 0 Å². The van der Waals surface area contributed by atoms with Gasteiger partial charge < -0.3 is 5.11 Å². The second-order valence-corrected chi connectivity index (χ2v) is 6.88. The monoisotopic (exact) mass is 261 g/mol. The van der Waals surface area contributed by atoms with E-state index in [9.17, 15) is 5.11 Å². The summed E-state index contributed by atoms with van der Waals surface area (Å²) in [5.41, 5.74) is 3.89. The highest BCUT2D eigenvalue weighted by atomic mass is 16.3. The maximum atomic E-state index is 10.5. The molecule has 1 N–H and O–H groups in total. The Morgan fingerprint density at radius 1 is 1.32 bits per heavy atom. The summed E-state index contributed by atoms with van der Waals surface area (Å²) in [4.78, 5) is 2.41. The van der Waals surface area contributed by atoms with E-state index in [0.29, 0.717) is 5.41 Å². The topological polar surface area (TPSA) is 23.5 Å². The molecule has 1 unspecified atom stereocenters. The van der Waals surface area contributed by atoms with Crippen LogP contribution in [-0.4, -0.2) is 29.6 Å². The van der Waals surface area contributed by atoms with Crippen LogP contribution in [0.2, 0.25) is 0 Å². The minimum Gasteiger partial charge on any atom is -0.387 e. The molecule has 106 valence electrons. The van der Waals surface area contributed by atoms with Crippen molar-refractivity contribution in [2.24, 2.45) is 5.41 Å². The quantitative estimate of drug-likeness (QED) is 0.900. The Hall–Kier alpha value is -0.860. The minimum atomic E-state index is -0.367. The van der Waals surface area contributed by atoms with E-state index < -0.39 is 0 Å². The summed E-state index contributed by atoms with van der Waals surface area (Å²) >= 11 is 0. The molecule has 19 heavy (non-hydrogen) atoms. The molecule has 0 aliphatic carbocycles. The van der Waals surface area contributed by atoms with Gasteiger partial charge in [-0.25, -0.2) is 0 Å². The first kappa shape index (κ1) is 14.5. The molecule has 0 saturated carbocycles. The van der Waals surface area contributed by atoms with E-state index in [2.05, 4.69) is 50.8 Å². The van der Waals surface area contributed by atoms with Gasteiger partial charge in [0.05, 0.1) is 6.10 Å². The van der Waals surface area contributed by atoms with Crippen LogP contribution in [0.25, 0.3) is 0 Å². The lowest BCUT2D eigenvalue weighted by molar-refractivity contribution is 0.0595. The Balaban J connectivity index is 2.04. The van der Waals surface area contributed by atoms with Gasteiger partial charge in [0.15, 0.2) is 0 Å². The van der Waals surface area contributed by atoms with Crippen molar-refractivity contribution in [2.75, 3.05) is 19.6 Å². The number of aliphatic hydroxyl groups is 1. The Morgan fingerprint density at radius 2 is 2.05 bits per heavy atom. The molecule has 1 aromatic rings. The number of likely N-dealkylation sites (tertiary alicyclic amines) is 1. The molecule has 0 radical (unpaired) electrons. The summed E-state index contributed by atoms with van der Waals surface area (Å²) in [6, 6.07) is 6.33. The van der Waals surface area contributed by atoms with E-state index in [1.165, 1.54) is 24.0 Å². The third-order valence-electron chi connectivity index (χ3n) is 4.20. The maximum absolute atomic E-state index is 10.5. The zero-order valence-corrected chi connectivity index (χ0v) is 12.7. The van der Waals surface area contributed by atoms with E-state index in [-0.39, 0.29) is 6.10 Å². The van der Waals surface area contributed by atoms with Crippen molar-refractivity contribution < 1.29 is 5.11 Å². The molecule has 0 bridgehead atoms. The molecule has 0 amide bonds. The molecule has 1 saturated heterocycles. The van der Waals surface area contributed by atoms with Crippen LogP contribution in [-0.2, 0) is 0 Å². The molecule has 1 aromatic carbocycles. The second-order valence-electron chi connectivity index (χ2n) is 6.88. The Bertz CT molecular complexity index is 439. The fraction of sp³-hybridized carbons (Fsp3) is 0.647. The van der Waals surface area contributed by atoms with Gasteiger partial charge in [-0.3, -0.25) is 4.90 Å². The van der Waals surface area contributed by atoms with Gasteiger partial charge in [0.25, 0.3) is 0 Å². The standard InChI is InChI=1S/C17H27NO/c1-13-6-7-14(2)15(10-13)16(19)11-18-9-5-8-17(3,4)12-18/h6-7,10,16,19H,5,8-9,11-12H2,1-4H3. The zero-order chi connectivity index (χ0) is 14.0. The van der Waals surface area contributed by atoms with Crippen molar-refractivity contribution in [3.63, 3.8) is 0 Å². The molecule has 2 heteroatoms. The molecule has 0 spiro atoms. The van der Waals surface area contributed by atoms with Crippen molar-refractivity contribution in [3.05, 3.63) is 34.9 Å². The molecule has 2 rings (SSSR count). The number of benzene rings is 1. The van der Waals surface area contributed by atoms with Crippen LogP contribution in [0.4, 0.5) is 0 Å². The van der Waals surface area contributed by atoms with Crippen LogP contribution in [0.3, 0.4) is 0 Å². The summed E-state index contributed by atoms with van der Waals surface area (Å²) in [7, 11) is 0. The Morgan fingerprint density at radius 3 is 2.74 bits per heavy atom. The van der Waals surface area contributed by atoms with Crippen molar-refractivity contribution in [1.82, 2.24) is 4.90 Å². The van der Waals surface area contributed by atoms with Gasteiger partial charge >= 0.3 is 0 Å². The number of rotatable bonds is 3. The lowest BCUT2D eigenvalue weighted by Crippen LogP contribution is -2.42. The molecule has 1 fully saturated rings. The SMILES string of the molecule is Cc1ccc(C)c(C(O)CN2CCCC(C)(C)C2)c1. The van der Waals surface area contributed by atoms with Gasteiger partial charge in [-0.1, -0.05) is 37.6 Å². The molecular formula is C17H27NO. The van der Waals surface area contributed by atoms with Crippen LogP contribution in [0.5, 0.6) is 0 Å². The molecule has 1 heterocycles. The normalized spacial score (nSPS) is 21.3. The minimum absolute atomic E-state index is 0.367. The van der Waals surface area contributed by atoms with E-state index >= 15 is 0 Å². The average Bonchev–Trinajstić information content (AvgIpc) is 2.31. The van der Waals surface area contributed by atoms with Crippen LogP contribution in [0, 0.1) is 19.3 Å². The number of hydrogen-bond donors (Lipinski definition) is 1. The second kappa shape index (κ2) is 5.64. The molecule has 1 atom stereocenters. The van der Waals surface area contributed by atoms with Gasteiger partial charge in [0.1, 0.15) is 0 Å². The predicted molar refractivity (Wildman–Crippen MR) is 80.3 cm³/mol. The first-order valence-corrected chi connectivity index (χ1v) is 7.35. The molecular weight excluding hydrogens is 234 g/mol. The lowest BCUT2D eigenvalue weighted by Gasteiger charge is -2.39. The Labute approximate surface area is 117 Å². The number of β-amino-alcohol motifs (C(OH)–C–C–N with tert-alkyl or cyclic N) is 1. The number of piperidine rings is 1. The lowest BCUT2D eigenvalue weighted by atomic mass is 9.84. The Kier molecular flexibility index (Phi) is 4.32. The number of aliphatic hydroxyl groups excluding tert-OH is 1. The smallest absolute Gasteiger partial charge is 0.0919 e. The highest BCUT2D eigenvalue weighted by Gasteiger charge is 2.27. The summed E-state index contributed by atoms with van der Waals surface area (Å²) in [5, 5.41) is 10.5. The number of hydrogen-bond acceptors (Lipinski definition) is 2. The third-order valence-corrected chi connectivity index (χ3v) is 4.20. The summed E-state index contributed by atoms with van der Waals surface area (Å²) in [5.74, 6) is 0. The van der Waals surface area contributed by atoms with Gasteiger partial charge in [0.2, 0.25) is 0 Å². The van der Waals surface area contributed by atoms with Crippen molar-refractivity contribution >= 4 is 0 Å².